The highest BCUT2D eigenvalue weighted by molar-refractivity contribution is 6.35. The molecule has 0 saturated heterocycles. The molecule has 0 unspecified atom stereocenters. The fourth-order valence-electron chi connectivity index (χ4n) is 1.78. The van der Waals surface area contributed by atoms with E-state index in [1.54, 1.807) is 18.5 Å². The van der Waals surface area contributed by atoms with Crippen LogP contribution in [0.25, 0.3) is 11.6 Å². The SMILES string of the molecule is Cc1ccccc1Oc1c(Cl)nc(-c2ncccn2)nc1Cl. The second-order valence-electron chi connectivity index (χ2n) is 4.40. The van der Waals surface area contributed by atoms with Crippen LogP contribution in [0.1, 0.15) is 5.56 Å². The Hall–Kier alpha value is -2.24. The Bertz CT molecular complexity index is 789. The highest BCUT2D eigenvalue weighted by Gasteiger charge is 2.16. The van der Waals surface area contributed by atoms with E-state index < -0.39 is 0 Å². The van der Waals surface area contributed by atoms with Gasteiger partial charge in [0.05, 0.1) is 0 Å². The molecule has 3 aromatic rings. The van der Waals surface area contributed by atoms with E-state index in [0.29, 0.717) is 11.6 Å². The zero-order valence-corrected chi connectivity index (χ0v) is 13.0. The Kier molecular flexibility index (Phi) is 4.18. The number of para-hydroxylation sites is 1. The fraction of sp³-hybridized carbons (Fsp3) is 0.0667. The summed E-state index contributed by atoms with van der Waals surface area (Å²) in [6.07, 6.45) is 3.18. The molecule has 22 heavy (non-hydrogen) atoms. The van der Waals surface area contributed by atoms with Crippen molar-refractivity contribution >= 4 is 23.2 Å². The third-order valence-corrected chi connectivity index (χ3v) is 3.37. The minimum atomic E-state index is 0.103. The molecule has 0 aliphatic heterocycles. The van der Waals surface area contributed by atoms with Crippen molar-refractivity contribution in [1.82, 2.24) is 19.9 Å². The molecule has 1 aromatic carbocycles. The molecule has 0 aliphatic carbocycles. The first-order valence-electron chi connectivity index (χ1n) is 6.39. The maximum Gasteiger partial charge on any atom is 0.202 e. The molecule has 0 spiro atoms. The van der Waals surface area contributed by atoms with Crippen molar-refractivity contribution in [1.29, 1.82) is 0 Å². The third kappa shape index (κ3) is 3.00. The largest absolute Gasteiger partial charge is 0.451 e. The molecule has 0 aliphatic rings. The molecule has 3 rings (SSSR count). The first-order chi connectivity index (χ1) is 10.6. The number of hydrogen-bond acceptors (Lipinski definition) is 5. The van der Waals surface area contributed by atoms with E-state index in [1.165, 1.54) is 0 Å². The van der Waals surface area contributed by atoms with Gasteiger partial charge < -0.3 is 4.74 Å². The van der Waals surface area contributed by atoms with E-state index in [0.717, 1.165) is 5.56 Å². The van der Waals surface area contributed by atoms with E-state index in [1.807, 2.05) is 31.2 Å². The summed E-state index contributed by atoms with van der Waals surface area (Å²) in [5, 5.41) is 0.205. The van der Waals surface area contributed by atoms with Crippen LogP contribution in [0, 0.1) is 6.92 Å². The molecule has 0 saturated carbocycles. The predicted octanol–water partition coefficient (Wildman–Crippen LogP) is 4.34. The zero-order valence-electron chi connectivity index (χ0n) is 11.5. The van der Waals surface area contributed by atoms with Crippen molar-refractivity contribution in [3.8, 4) is 23.1 Å². The van der Waals surface area contributed by atoms with Crippen molar-refractivity contribution < 1.29 is 4.74 Å². The Morgan fingerprint density at radius 3 is 2.14 bits per heavy atom. The number of ether oxygens (including phenoxy) is 1. The van der Waals surface area contributed by atoms with Gasteiger partial charge in [0.2, 0.25) is 11.6 Å². The summed E-state index contributed by atoms with van der Waals surface area (Å²) in [6.45, 7) is 1.92. The lowest BCUT2D eigenvalue weighted by Crippen LogP contribution is -1.98. The second-order valence-corrected chi connectivity index (χ2v) is 5.11. The van der Waals surface area contributed by atoms with Gasteiger partial charge in [-0.15, -0.1) is 0 Å². The van der Waals surface area contributed by atoms with Gasteiger partial charge in [-0.25, -0.2) is 19.9 Å². The fourth-order valence-corrected chi connectivity index (χ4v) is 2.24. The van der Waals surface area contributed by atoms with Gasteiger partial charge in [-0.05, 0) is 24.6 Å². The van der Waals surface area contributed by atoms with Gasteiger partial charge in [0.25, 0.3) is 0 Å². The summed E-state index contributed by atoms with van der Waals surface area (Å²) < 4.78 is 5.73. The van der Waals surface area contributed by atoms with Crippen LogP contribution in [0.2, 0.25) is 10.3 Å². The van der Waals surface area contributed by atoms with E-state index >= 15 is 0 Å². The van der Waals surface area contributed by atoms with Crippen LogP contribution in [-0.2, 0) is 0 Å². The molecule has 110 valence electrons. The van der Waals surface area contributed by atoms with E-state index in [4.69, 9.17) is 27.9 Å². The molecule has 2 heterocycles. The normalized spacial score (nSPS) is 10.5. The quantitative estimate of drug-likeness (QED) is 0.667. The predicted molar refractivity (Wildman–Crippen MR) is 84.3 cm³/mol. The topological polar surface area (TPSA) is 60.8 Å². The monoisotopic (exact) mass is 332 g/mol. The molecule has 0 fully saturated rings. The van der Waals surface area contributed by atoms with Gasteiger partial charge in [-0.3, -0.25) is 0 Å². The second kappa shape index (κ2) is 6.25. The van der Waals surface area contributed by atoms with Crippen LogP contribution >= 0.6 is 23.2 Å². The van der Waals surface area contributed by atoms with Crippen molar-refractivity contribution in [2.45, 2.75) is 6.92 Å². The number of aryl methyl sites for hydroxylation is 1. The minimum Gasteiger partial charge on any atom is -0.451 e. The van der Waals surface area contributed by atoms with Crippen molar-refractivity contribution in [3.05, 3.63) is 58.6 Å². The standard InChI is InChI=1S/C15H10Cl2N4O/c1-9-5-2-3-6-10(9)22-11-12(16)20-15(21-13(11)17)14-18-7-4-8-19-14/h2-8H,1H3. The molecule has 0 bridgehead atoms. The van der Waals surface area contributed by atoms with Crippen LogP contribution in [0.15, 0.2) is 42.7 Å². The summed E-state index contributed by atoms with van der Waals surface area (Å²) in [5.41, 5.74) is 0.949. The maximum absolute atomic E-state index is 6.17. The Balaban J connectivity index is 1.99. The van der Waals surface area contributed by atoms with E-state index in [-0.39, 0.29) is 21.9 Å². The van der Waals surface area contributed by atoms with Gasteiger partial charge in [0, 0.05) is 12.4 Å². The van der Waals surface area contributed by atoms with Crippen LogP contribution in [0.5, 0.6) is 11.5 Å². The number of aromatic nitrogens is 4. The smallest absolute Gasteiger partial charge is 0.202 e. The minimum absolute atomic E-state index is 0.103. The first kappa shape index (κ1) is 14.7. The number of nitrogens with zero attached hydrogens (tertiary/aromatic N) is 4. The van der Waals surface area contributed by atoms with Crippen LogP contribution in [-0.4, -0.2) is 19.9 Å². The molecule has 2 aromatic heterocycles. The Morgan fingerprint density at radius 1 is 0.864 bits per heavy atom. The average Bonchev–Trinajstić information content (AvgIpc) is 2.53. The summed E-state index contributed by atoms with van der Waals surface area (Å²) >= 11 is 12.3. The number of hydrogen-bond donors (Lipinski definition) is 0. The van der Waals surface area contributed by atoms with Crippen molar-refractivity contribution in [2.75, 3.05) is 0 Å². The van der Waals surface area contributed by atoms with Crippen molar-refractivity contribution in [2.24, 2.45) is 0 Å². The lowest BCUT2D eigenvalue weighted by atomic mass is 10.2. The lowest BCUT2D eigenvalue weighted by Gasteiger charge is -2.11. The molecule has 0 amide bonds. The molecular formula is C15H10Cl2N4O. The van der Waals surface area contributed by atoms with Gasteiger partial charge in [0.1, 0.15) is 5.75 Å². The van der Waals surface area contributed by atoms with E-state index in [2.05, 4.69) is 19.9 Å². The number of benzene rings is 1. The number of rotatable bonds is 3. The van der Waals surface area contributed by atoms with E-state index in [9.17, 15) is 0 Å². The molecule has 0 atom stereocenters. The Labute approximate surface area is 137 Å². The molecular weight excluding hydrogens is 323 g/mol. The summed E-state index contributed by atoms with van der Waals surface area (Å²) in [6, 6.07) is 9.21. The third-order valence-electron chi connectivity index (χ3n) is 2.85. The summed E-state index contributed by atoms with van der Waals surface area (Å²) in [5.74, 6) is 1.43. The van der Waals surface area contributed by atoms with Crippen LogP contribution < -0.4 is 4.74 Å². The van der Waals surface area contributed by atoms with Crippen molar-refractivity contribution in [3.63, 3.8) is 0 Å². The molecule has 7 heteroatoms. The Morgan fingerprint density at radius 2 is 1.50 bits per heavy atom. The highest BCUT2D eigenvalue weighted by atomic mass is 35.5. The molecule has 0 radical (unpaired) electrons. The van der Waals surface area contributed by atoms with Gasteiger partial charge in [-0.1, -0.05) is 41.4 Å². The number of halogens is 2. The zero-order chi connectivity index (χ0) is 15.5. The summed E-state index contributed by atoms with van der Waals surface area (Å²) in [7, 11) is 0. The highest BCUT2D eigenvalue weighted by Crippen LogP contribution is 2.36. The average molecular weight is 333 g/mol. The van der Waals surface area contributed by atoms with Crippen LogP contribution in [0.3, 0.4) is 0 Å². The molecule has 0 N–H and O–H groups in total. The van der Waals surface area contributed by atoms with Gasteiger partial charge in [0.15, 0.2) is 16.1 Å². The lowest BCUT2D eigenvalue weighted by molar-refractivity contribution is 0.474. The van der Waals surface area contributed by atoms with Gasteiger partial charge in [-0.2, -0.15) is 0 Å². The first-order valence-corrected chi connectivity index (χ1v) is 7.14. The summed E-state index contributed by atoms with van der Waals surface area (Å²) in [4.78, 5) is 16.4. The maximum atomic E-state index is 6.17. The van der Waals surface area contributed by atoms with Gasteiger partial charge >= 0.3 is 0 Å². The molecule has 5 nitrogen and oxygen atoms in total. The van der Waals surface area contributed by atoms with Crippen LogP contribution in [0.4, 0.5) is 0 Å².